The normalized spacial score (nSPS) is 14.2. The second-order valence-corrected chi connectivity index (χ2v) is 4.80. The smallest absolute Gasteiger partial charge is 0.0878 e. The Morgan fingerprint density at radius 2 is 2.31 bits per heavy atom. The first-order valence-corrected chi connectivity index (χ1v) is 5.34. The number of aliphatic hydroxyl groups is 1. The van der Waals surface area contributed by atoms with Crippen LogP contribution in [0.15, 0.2) is 24.5 Å². The fourth-order valence-electron chi connectivity index (χ4n) is 1.67. The van der Waals surface area contributed by atoms with Gasteiger partial charge >= 0.3 is 0 Å². The lowest BCUT2D eigenvalue weighted by Crippen LogP contribution is -2.32. The average molecular weight is 219 g/mol. The summed E-state index contributed by atoms with van der Waals surface area (Å²) in [5.74, 6) is 0. The molecule has 0 bridgehead atoms. The number of aromatic amines is 1. The van der Waals surface area contributed by atoms with Crippen molar-refractivity contribution in [1.29, 1.82) is 0 Å². The van der Waals surface area contributed by atoms with Crippen LogP contribution in [-0.2, 0) is 0 Å². The van der Waals surface area contributed by atoms with E-state index >= 15 is 0 Å². The van der Waals surface area contributed by atoms with Gasteiger partial charge in [-0.15, -0.1) is 0 Å². The van der Waals surface area contributed by atoms with Crippen LogP contribution in [-0.4, -0.2) is 21.7 Å². The number of aromatic nitrogens is 2. The molecule has 0 unspecified atom stereocenters. The van der Waals surface area contributed by atoms with Crippen molar-refractivity contribution < 1.29 is 5.11 Å². The van der Waals surface area contributed by atoms with Crippen LogP contribution in [0.4, 0.5) is 0 Å². The van der Waals surface area contributed by atoms with Crippen LogP contribution in [0.1, 0.15) is 25.5 Å². The van der Waals surface area contributed by atoms with E-state index in [9.17, 15) is 5.11 Å². The first-order valence-electron chi connectivity index (χ1n) is 5.34. The lowest BCUT2D eigenvalue weighted by atomic mass is 9.82. The number of aliphatic hydroxyl groups excluding tert-OH is 1. The summed E-state index contributed by atoms with van der Waals surface area (Å²) in [5, 5.41) is 9.29. The van der Waals surface area contributed by atoms with E-state index in [4.69, 9.17) is 5.73 Å². The maximum Gasteiger partial charge on any atom is 0.0878 e. The van der Waals surface area contributed by atoms with E-state index in [1.807, 2.05) is 32.2 Å². The molecule has 0 amide bonds. The zero-order valence-electron chi connectivity index (χ0n) is 9.57. The second kappa shape index (κ2) is 3.88. The Labute approximate surface area is 94.5 Å². The van der Waals surface area contributed by atoms with Gasteiger partial charge in [-0.3, -0.25) is 4.98 Å². The van der Waals surface area contributed by atoms with Crippen molar-refractivity contribution in [3.05, 3.63) is 30.1 Å². The monoisotopic (exact) mass is 219 g/mol. The molecule has 0 aliphatic carbocycles. The molecule has 1 atom stereocenters. The summed E-state index contributed by atoms with van der Waals surface area (Å²) in [6.45, 7) is 3.93. The summed E-state index contributed by atoms with van der Waals surface area (Å²) in [7, 11) is 0. The Hall–Kier alpha value is -1.39. The van der Waals surface area contributed by atoms with Crippen LogP contribution in [0.25, 0.3) is 11.0 Å². The Morgan fingerprint density at radius 1 is 1.56 bits per heavy atom. The van der Waals surface area contributed by atoms with Gasteiger partial charge in [0.05, 0.1) is 11.0 Å². The predicted octanol–water partition coefficient (Wildman–Crippen LogP) is 1.58. The molecule has 4 nitrogen and oxygen atoms in total. The SMILES string of the molecule is CC(C)(CO)[C@@H](N)c1cnc2cc[nH]c2c1. The standard InChI is InChI=1S/C12H17N3O/c1-12(2,7-16)11(13)8-5-10-9(15-6-8)3-4-14-10/h3-6,11,14,16H,7,13H2,1-2H3/t11-/m0/s1. The number of H-pyrrole nitrogens is 1. The Morgan fingerprint density at radius 3 is 3.00 bits per heavy atom. The van der Waals surface area contributed by atoms with Gasteiger partial charge in [0.15, 0.2) is 0 Å². The minimum Gasteiger partial charge on any atom is -0.396 e. The number of hydrogen-bond acceptors (Lipinski definition) is 3. The van der Waals surface area contributed by atoms with Crippen molar-refractivity contribution in [2.75, 3.05) is 6.61 Å². The number of nitrogens with two attached hydrogens (primary N) is 1. The third-order valence-electron chi connectivity index (χ3n) is 3.03. The summed E-state index contributed by atoms with van der Waals surface area (Å²) >= 11 is 0. The quantitative estimate of drug-likeness (QED) is 0.733. The maximum atomic E-state index is 9.29. The lowest BCUT2D eigenvalue weighted by molar-refractivity contribution is 0.132. The molecule has 2 rings (SSSR count). The first-order chi connectivity index (χ1) is 7.54. The Balaban J connectivity index is 2.39. The molecule has 0 fully saturated rings. The minimum atomic E-state index is -0.345. The molecule has 0 saturated heterocycles. The largest absolute Gasteiger partial charge is 0.396 e. The van der Waals surface area contributed by atoms with E-state index in [0.717, 1.165) is 16.6 Å². The van der Waals surface area contributed by atoms with E-state index < -0.39 is 0 Å². The number of pyridine rings is 1. The van der Waals surface area contributed by atoms with Gasteiger partial charge in [0.2, 0.25) is 0 Å². The van der Waals surface area contributed by atoms with E-state index in [-0.39, 0.29) is 18.1 Å². The van der Waals surface area contributed by atoms with Crippen molar-refractivity contribution in [1.82, 2.24) is 9.97 Å². The number of rotatable bonds is 3. The van der Waals surface area contributed by atoms with Gasteiger partial charge in [-0.05, 0) is 17.7 Å². The van der Waals surface area contributed by atoms with E-state index in [0.29, 0.717) is 0 Å². The third-order valence-corrected chi connectivity index (χ3v) is 3.03. The topological polar surface area (TPSA) is 74.9 Å². The molecule has 2 aromatic rings. The first kappa shape index (κ1) is 11.1. The summed E-state index contributed by atoms with van der Waals surface area (Å²) in [6, 6.07) is 3.68. The van der Waals surface area contributed by atoms with Gasteiger partial charge in [0.1, 0.15) is 0 Å². The molecular weight excluding hydrogens is 202 g/mol. The van der Waals surface area contributed by atoms with Gasteiger partial charge in [0.25, 0.3) is 0 Å². The number of fused-ring (bicyclic) bond motifs is 1. The average Bonchev–Trinajstić information content (AvgIpc) is 2.74. The number of nitrogens with one attached hydrogen (secondary N) is 1. The molecule has 0 radical (unpaired) electrons. The molecule has 2 heterocycles. The van der Waals surface area contributed by atoms with Crippen LogP contribution >= 0.6 is 0 Å². The van der Waals surface area contributed by atoms with Gasteiger partial charge in [-0.25, -0.2) is 0 Å². The van der Waals surface area contributed by atoms with Crippen LogP contribution in [0.2, 0.25) is 0 Å². The highest BCUT2D eigenvalue weighted by molar-refractivity contribution is 5.75. The van der Waals surface area contributed by atoms with Gasteiger partial charge < -0.3 is 15.8 Å². The zero-order valence-corrected chi connectivity index (χ0v) is 9.57. The Kier molecular flexibility index (Phi) is 2.69. The predicted molar refractivity (Wildman–Crippen MR) is 63.9 cm³/mol. The lowest BCUT2D eigenvalue weighted by Gasteiger charge is -2.29. The van der Waals surface area contributed by atoms with E-state index in [1.54, 1.807) is 6.20 Å². The molecule has 0 aliphatic rings. The Bertz CT molecular complexity index is 490. The van der Waals surface area contributed by atoms with Crippen LogP contribution in [0.5, 0.6) is 0 Å². The fourth-order valence-corrected chi connectivity index (χ4v) is 1.67. The molecule has 0 saturated carbocycles. The van der Waals surface area contributed by atoms with Crippen molar-refractivity contribution in [2.45, 2.75) is 19.9 Å². The minimum absolute atomic E-state index is 0.0525. The highest BCUT2D eigenvalue weighted by atomic mass is 16.3. The molecule has 16 heavy (non-hydrogen) atoms. The van der Waals surface area contributed by atoms with E-state index in [2.05, 4.69) is 9.97 Å². The van der Waals surface area contributed by atoms with Crippen molar-refractivity contribution >= 4 is 11.0 Å². The van der Waals surface area contributed by atoms with Crippen molar-refractivity contribution in [2.24, 2.45) is 11.1 Å². The number of hydrogen-bond donors (Lipinski definition) is 3. The summed E-state index contributed by atoms with van der Waals surface area (Å²) < 4.78 is 0. The van der Waals surface area contributed by atoms with Gasteiger partial charge in [-0.2, -0.15) is 0 Å². The zero-order chi connectivity index (χ0) is 11.8. The maximum absolute atomic E-state index is 9.29. The fraction of sp³-hybridized carbons (Fsp3) is 0.417. The molecule has 0 aromatic carbocycles. The summed E-state index contributed by atoms with van der Waals surface area (Å²) in [6.07, 6.45) is 3.63. The van der Waals surface area contributed by atoms with Crippen LogP contribution in [0, 0.1) is 5.41 Å². The van der Waals surface area contributed by atoms with Crippen LogP contribution in [0.3, 0.4) is 0 Å². The highest BCUT2D eigenvalue weighted by Crippen LogP contribution is 2.31. The summed E-state index contributed by atoms with van der Waals surface area (Å²) in [4.78, 5) is 7.42. The molecule has 4 N–H and O–H groups in total. The molecule has 2 aromatic heterocycles. The molecule has 4 heteroatoms. The van der Waals surface area contributed by atoms with Gasteiger partial charge in [-0.1, -0.05) is 13.8 Å². The highest BCUT2D eigenvalue weighted by Gasteiger charge is 2.27. The summed E-state index contributed by atoms with van der Waals surface area (Å²) in [5.41, 5.74) is 8.63. The molecule has 0 spiro atoms. The van der Waals surface area contributed by atoms with Gasteiger partial charge in [0, 0.05) is 30.5 Å². The molecule has 86 valence electrons. The third kappa shape index (κ3) is 1.81. The molecule has 0 aliphatic heterocycles. The van der Waals surface area contributed by atoms with E-state index in [1.165, 1.54) is 0 Å². The van der Waals surface area contributed by atoms with Crippen molar-refractivity contribution in [3.63, 3.8) is 0 Å². The second-order valence-electron chi connectivity index (χ2n) is 4.80. The van der Waals surface area contributed by atoms with Crippen molar-refractivity contribution in [3.8, 4) is 0 Å². The van der Waals surface area contributed by atoms with Crippen LogP contribution < -0.4 is 5.73 Å². The molecular formula is C12H17N3O. The number of nitrogens with zero attached hydrogens (tertiary/aromatic N) is 1.